The van der Waals surface area contributed by atoms with E-state index in [4.69, 9.17) is 17.3 Å². The number of hydrogen-bond acceptors (Lipinski definition) is 4. The molecule has 1 heterocycles. The van der Waals surface area contributed by atoms with Crippen LogP contribution in [-0.4, -0.2) is 24.5 Å². The summed E-state index contributed by atoms with van der Waals surface area (Å²) in [5.41, 5.74) is 6.11. The second kappa shape index (κ2) is 5.41. The van der Waals surface area contributed by atoms with Gasteiger partial charge in [0.2, 0.25) is 5.91 Å². The van der Waals surface area contributed by atoms with E-state index in [1.165, 1.54) is 0 Å². The number of rotatable bonds is 4. The van der Waals surface area contributed by atoms with E-state index in [2.05, 4.69) is 15.6 Å². The number of anilines is 2. The smallest absolute Gasteiger partial charge is 0.221 e. The molecule has 0 saturated heterocycles. The zero-order valence-electron chi connectivity index (χ0n) is 8.38. The van der Waals surface area contributed by atoms with Gasteiger partial charge in [-0.05, 0) is 6.07 Å². The van der Waals surface area contributed by atoms with E-state index in [-0.39, 0.29) is 5.91 Å². The summed E-state index contributed by atoms with van der Waals surface area (Å²) < 4.78 is 0. The van der Waals surface area contributed by atoms with Crippen LogP contribution in [0.15, 0.2) is 12.1 Å². The Bertz CT molecular complexity index is 336. The Kier molecular flexibility index (Phi) is 4.17. The minimum atomic E-state index is -0.0301. The third-order valence-corrected chi connectivity index (χ3v) is 1.95. The van der Waals surface area contributed by atoms with Gasteiger partial charge in [0.05, 0.1) is 0 Å². The fourth-order valence-corrected chi connectivity index (χ4v) is 1.25. The van der Waals surface area contributed by atoms with Crippen LogP contribution in [0.2, 0.25) is 5.15 Å². The molecular weight excluding hydrogens is 216 g/mol. The summed E-state index contributed by atoms with van der Waals surface area (Å²) in [5, 5.41) is 5.81. The Morgan fingerprint density at radius 3 is 2.93 bits per heavy atom. The summed E-state index contributed by atoms with van der Waals surface area (Å²) >= 11 is 5.71. The van der Waals surface area contributed by atoms with Gasteiger partial charge in [0.25, 0.3) is 0 Å². The van der Waals surface area contributed by atoms with Gasteiger partial charge in [-0.15, -0.1) is 0 Å². The average molecular weight is 229 g/mol. The molecule has 1 rings (SSSR count). The third-order valence-electron chi connectivity index (χ3n) is 1.75. The molecule has 5 nitrogen and oxygen atoms in total. The molecule has 0 bridgehead atoms. The number of pyridine rings is 1. The zero-order chi connectivity index (χ0) is 11.3. The predicted molar refractivity (Wildman–Crippen MR) is 60.8 cm³/mol. The van der Waals surface area contributed by atoms with Gasteiger partial charge in [-0.1, -0.05) is 11.6 Å². The van der Waals surface area contributed by atoms with Crippen molar-refractivity contribution in [3.8, 4) is 0 Å². The molecule has 0 unspecified atom stereocenters. The Balaban J connectivity index is 2.47. The minimum Gasteiger partial charge on any atom is -0.399 e. The van der Waals surface area contributed by atoms with Gasteiger partial charge in [-0.25, -0.2) is 4.98 Å². The first-order valence-electron chi connectivity index (χ1n) is 4.49. The number of nitrogen functional groups attached to an aromatic ring is 1. The van der Waals surface area contributed by atoms with Crippen molar-refractivity contribution >= 4 is 29.0 Å². The number of hydrogen-bond donors (Lipinski definition) is 3. The van der Waals surface area contributed by atoms with Crippen molar-refractivity contribution in [3.05, 3.63) is 17.3 Å². The van der Waals surface area contributed by atoms with Crippen molar-refractivity contribution in [2.75, 3.05) is 24.6 Å². The number of aromatic nitrogens is 1. The maximum atomic E-state index is 10.9. The highest BCUT2D eigenvalue weighted by molar-refractivity contribution is 6.29. The number of nitrogens with two attached hydrogens (primary N) is 1. The summed E-state index contributed by atoms with van der Waals surface area (Å²) in [6.45, 7) is 0.493. The monoisotopic (exact) mass is 228 g/mol. The third kappa shape index (κ3) is 4.03. The molecular formula is C9H13ClN4O. The first-order valence-corrected chi connectivity index (χ1v) is 4.87. The quantitative estimate of drug-likeness (QED) is 0.668. The molecule has 0 spiro atoms. The van der Waals surface area contributed by atoms with Gasteiger partial charge in [-0.2, -0.15) is 0 Å². The van der Waals surface area contributed by atoms with Crippen molar-refractivity contribution in [1.29, 1.82) is 0 Å². The molecule has 1 aromatic rings. The highest BCUT2D eigenvalue weighted by Crippen LogP contribution is 2.15. The van der Waals surface area contributed by atoms with Gasteiger partial charge >= 0.3 is 0 Å². The maximum Gasteiger partial charge on any atom is 0.221 e. The van der Waals surface area contributed by atoms with Crippen LogP contribution in [0.3, 0.4) is 0 Å². The van der Waals surface area contributed by atoms with Crippen LogP contribution in [-0.2, 0) is 4.79 Å². The summed E-state index contributed by atoms with van der Waals surface area (Å²) in [4.78, 5) is 14.9. The van der Waals surface area contributed by atoms with Gasteiger partial charge in [0, 0.05) is 31.8 Å². The molecule has 6 heteroatoms. The van der Waals surface area contributed by atoms with E-state index < -0.39 is 0 Å². The largest absolute Gasteiger partial charge is 0.399 e. The van der Waals surface area contributed by atoms with Crippen LogP contribution < -0.4 is 16.4 Å². The molecule has 4 N–H and O–H groups in total. The number of nitrogens with one attached hydrogen (secondary N) is 2. The lowest BCUT2D eigenvalue weighted by atomic mass is 10.3. The van der Waals surface area contributed by atoms with Crippen LogP contribution in [0.4, 0.5) is 11.5 Å². The van der Waals surface area contributed by atoms with E-state index in [0.717, 1.165) is 0 Å². The topological polar surface area (TPSA) is 80.0 Å². The Morgan fingerprint density at radius 1 is 1.60 bits per heavy atom. The van der Waals surface area contributed by atoms with Gasteiger partial charge in [0.15, 0.2) is 0 Å². The predicted octanol–water partition coefficient (Wildman–Crippen LogP) is 0.865. The Morgan fingerprint density at radius 2 is 2.33 bits per heavy atom. The lowest BCUT2D eigenvalue weighted by Gasteiger charge is -2.06. The van der Waals surface area contributed by atoms with Crippen molar-refractivity contribution < 1.29 is 4.79 Å². The van der Waals surface area contributed by atoms with Crippen molar-refractivity contribution in [3.63, 3.8) is 0 Å². The van der Waals surface area contributed by atoms with Gasteiger partial charge < -0.3 is 16.4 Å². The Hall–Kier alpha value is -1.49. The zero-order valence-corrected chi connectivity index (χ0v) is 9.14. The SMILES string of the molecule is CNC(=O)CCNc1cc(N)cc(Cl)n1. The maximum absolute atomic E-state index is 10.9. The molecule has 0 aliphatic carbocycles. The molecule has 0 fully saturated rings. The van der Waals surface area contributed by atoms with E-state index >= 15 is 0 Å². The van der Waals surface area contributed by atoms with Crippen LogP contribution in [0.1, 0.15) is 6.42 Å². The summed E-state index contributed by atoms with van der Waals surface area (Å²) in [6, 6.07) is 3.22. The molecule has 0 aliphatic rings. The lowest BCUT2D eigenvalue weighted by Crippen LogP contribution is -2.21. The van der Waals surface area contributed by atoms with Crippen molar-refractivity contribution in [1.82, 2.24) is 10.3 Å². The van der Waals surface area contributed by atoms with E-state index in [9.17, 15) is 4.79 Å². The first kappa shape index (κ1) is 11.6. The molecule has 1 amide bonds. The van der Waals surface area contributed by atoms with Gasteiger partial charge in [0.1, 0.15) is 11.0 Å². The van der Waals surface area contributed by atoms with E-state index in [1.54, 1.807) is 19.2 Å². The molecule has 1 aromatic heterocycles. The molecule has 15 heavy (non-hydrogen) atoms. The van der Waals surface area contributed by atoms with Crippen LogP contribution in [0, 0.1) is 0 Å². The average Bonchev–Trinajstić information content (AvgIpc) is 2.16. The highest BCUT2D eigenvalue weighted by atomic mass is 35.5. The van der Waals surface area contributed by atoms with Crippen LogP contribution in [0.25, 0.3) is 0 Å². The number of nitrogens with zero attached hydrogens (tertiary/aromatic N) is 1. The highest BCUT2D eigenvalue weighted by Gasteiger charge is 2.00. The number of carbonyl (C=O) groups is 1. The molecule has 82 valence electrons. The van der Waals surface area contributed by atoms with Crippen molar-refractivity contribution in [2.45, 2.75) is 6.42 Å². The second-order valence-electron chi connectivity index (χ2n) is 2.96. The minimum absolute atomic E-state index is 0.0301. The summed E-state index contributed by atoms with van der Waals surface area (Å²) in [6.07, 6.45) is 0.380. The molecule has 0 saturated carbocycles. The van der Waals surface area contributed by atoms with E-state index in [1.807, 2.05) is 0 Å². The standard InChI is InChI=1S/C9H13ClN4O/c1-12-9(15)2-3-13-8-5-6(11)4-7(10)14-8/h4-5H,2-3H2,1H3,(H,12,15)(H3,11,13,14). The second-order valence-corrected chi connectivity index (χ2v) is 3.35. The van der Waals surface area contributed by atoms with Gasteiger partial charge in [-0.3, -0.25) is 4.79 Å². The van der Waals surface area contributed by atoms with E-state index in [0.29, 0.717) is 29.6 Å². The molecule has 0 aliphatic heterocycles. The first-order chi connectivity index (χ1) is 7.11. The molecule has 0 radical (unpaired) electrons. The Labute approximate surface area is 93.0 Å². The lowest BCUT2D eigenvalue weighted by molar-refractivity contribution is -0.120. The van der Waals surface area contributed by atoms with Crippen molar-refractivity contribution in [2.24, 2.45) is 0 Å². The number of amides is 1. The summed E-state index contributed by atoms with van der Waals surface area (Å²) in [5.74, 6) is 0.543. The number of carbonyl (C=O) groups excluding carboxylic acids is 1. The molecule has 0 atom stereocenters. The fourth-order valence-electron chi connectivity index (χ4n) is 1.04. The molecule has 0 aromatic carbocycles. The fraction of sp³-hybridized carbons (Fsp3) is 0.333. The van der Waals surface area contributed by atoms with Crippen LogP contribution in [0.5, 0.6) is 0 Å². The normalized spacial score (nSPS) is 9.73. The number of halogens is 1. The summed E-state index contributed by atoms with van der Waals surface area (Å²) in [7, 11) is 1.60. The van der Waals surface area contributed by atoms with Crippen LogP contribution >= 0.6 is 11.6 Å².